The molecule has 0 aromatic heterocycles. The lowest BCUT2D eigenvalue weighted by Gasteiger charge is -2.19. The van der Waals surface area contributed by atoms with Gasteiger partial charge in [-0.3, -0.25) is 4.79 Å². The standard InChI is InChI=1S/C20H25NO2S/c1-4-18(23-19-14-15(2)10-11-16(19)3)20(22)21-12-13-24-17-8-6-5-7-9-17/h5-11,14,18H,4,12-13H2,1-3H3,(H,21,22)/t18-/m0/s1. The van der Waals surface area contributed by atoms with E-state index in [1.165, 1.54) is 4.90 Å². The van der Waals surface area contributed by atoms with E-state index in [-0.39, 0.29) is 5.91 Å². The van der Waals surface area contributed by atoms with Crippen LogP contribution in [0.2, 0.25) is 0 Å². The van der Waals surface area contributed by atoms with Gasteiger partial charge in [-0.05, 0) is 49.6 Å². The fourth-order valence-electron chi connectivity index (χ4n) is 2.28. The maximum atomic E-state index is 12.3. The van der Waals surface area contributed by atoms with Crippen LogP contribution in [0.15, 0.2) is 53.4 Å². The first-order valence-electron chi connectivity index (χ1n) is 8.29. The molecule has 0 saturated carbocycles. The molecule has 3 nitrogen and oxygen atoms in total. The van der Waals surface area contributed by atoms with E-state index in [9.17, 15) is 4.79 Å². The smallest absolute Gasteiger partial charge is 0.261 e. The summed E-state index contributed by atoms with van der Waals surface area (Å²) in [6.45, 7) is 6.61. The third kappa shape index (κ3) is 5.60. The van der Waals surface area contributed by atoms with Crippen LogP contribution in [0, 0.1) is 13.8 Å². The summed E-state index contributed by atoms with van der Waals surface area (Å²) in [6.07, 6.45) is 0.192. The molecule has 0 aliphatic carbocycles. The molecule has 1 atom stereocenters. The predicted octanol–water partition coefficient (Wildman–Crippen LogP) is 4.37. The van der Waals surface area contributed by atoms with E-state index in [0.717, 1.165) is 22.6 Å². The number of carbonyl (C=O) groups is 1. The number of carbonyl (C=O) groups excluding carboxylic acids is 1. The summed E-state index contributed by atoms with van der Waals surface area (Å²) in [5.74, 6) is 1.58. The number of aryl methyl sites for hydroxylation is 2. The Morgan fingerprint density at radius 2 is 1.92 bits per heavy atom. The fraction of sp³-hybridized carbons (Fsp3) is 0.350. The fourth-order valence-corrected chi connectivity index (χ4v) is 3.07. The van der Waals surface area contributed by atoms with Crippen molar-refractivity contribution < 1.29 is 9.53 Å². The lowest BCUT2D eigenvalue weighted by Crippen LogP contribution is -2.39. The van der Waals surface area contributed by atoms with Crippen molar-refractivity contribution in [1.29, 1.82) is 0 Å². The van der Waals surface area contributed by atoms with Crippen molar-refractivity contribution in [1.82, 2.24) is 5.32 Å². The van der Waals surface area contributed by atoms with Gasteiger partial charge < -0.3 is 10.1 Å². The third-order valence-electron chi connectivity index (χ3n) is 3.69. The molecule has 4 heteroatoms. The van der Waals surface area contributed by atoms with Crippen LogP contribution in [0.25, 0.3) is 0 Å². The van der Waals surface area contributed by atoms with E-state index in [2.05, 4.69) is 17.4 Å². The van der Waals surface area contributed by atoms with E-state index in [1.54, 1.807) is 11.8 Å². The highest BCUT2D eigenvalue weighted by Gasteiger charge is 2.18. The van der Waals surface area contributed by atoms with Gasteiger partial charge in [-0.2, -0.15) is 0 Å². The number of hydrogen-bond donors (Lipinski definition) is 1. The average molecular weight is 343 g/mol. The highest BCUT2D eigenvalue weighted by molar-refractivity contribution is 7.99. The molecular weight excluding hydrogens is 318 g/mol. The molecule has 0 saturated heterocycles. The zero-order valence-corrected chi connectivity index (χ0v) is 15.4. The van der Waals surface area contributed by atoms with Gasteiger partial charge in [-0.25, -0.2) is 0 Å². The van der Waals surface area contributed by atoms with Crippen molar-refractivity contribution in [3.63, 3.8) is 0 Å². The Morgan fingerprint density at radius 1 is 1.17 bits per heavy atom. The second-order valence-electron chi connectivity index (χ2n) is 5.74. The number of benzene rings is 2. The summed E-state index contributed by atoms with van der Waals surface area (Å²) in [4.78, 5) is 13.6. The normalized spacial score (nSPS) is 11.8. The van der Waals surface area contributed by atoms with Gasteiger partial charge in [0.2, 0.25) is 0 Å². The highest BCUT2D eigenvalue weighted by Crippen LogP contribution is 2.21. The number of thioether (sulfide) groups is 1. The molecular formula is C20H25NO2S. The summed E-state index contributed by atoms with van der Waals surface area (Å²) >= 11 is 1.73. The minimum absolute atomic E-state index is 0.0490. The van der Waals surface area contributed by atoms with Gasteiger partial charge >= 0.3 is 0 Å². The molecule has 0 spiro atoms. The lowest BCUT2D eigenvalue weighted by atomic mass is 10.1. The Balaban J connectivity index is 1.81. The SMILES string of the molecule is CC[C@H](Oc1cc(C)ccc1C)C(=O)NCCSc1ccccc1. The first kappa shape index (κ1) is 18.4. The van der Waals surface area contributed by atoms with Crippen LogP contribution in [-0.4, -0.2) is 24.3 Å². The molecule has 24 heavy (non-hydrogen) atoms. The number of amides is 1. The van der Waals surface area contributed by atoms with Crippen LogP contribution in [-0.2, 0) is 4.79 Å². The number of hydrogen-bond acceptors (Lipinski definition) is 3. The van der Waals surface area contributed by atoms with Gasteiger partial charge in [0.15, 0.2) is 6.10 Å². The van der Waals surface area contributed by atoms with Crippen molar-refractivity contribution >= 4 is 17.7 Å². The molecule has 128 valence electrons. The molecule has 0 heterocycles. The summed E-state index contributed by atoms with van der Waals surface area (Å²) in [5, 5.41) is 2.97. The topological polar surface area (TPSA) is 38.3 Å². The van der Waals surface area contributed by atoms with Gasteiger partial charge in [0.1, 0.15) is 5.75 Å². The molecule has 1 amide bonds. The van der Waals surface area contributed by atoms with Gasteiger partial charge in [0.25, 0.3) is 5.91 Å². The van der Waals surface area contributed by atoms with Crippen molar-refractivity contribution in [3.8, 4) is 5.75 Å². The van der Waals surface area contributed by atoms with Crippen molar-refractivity contribution in [2.75, 3.05) is 12.3 Å². The van der Waals surface area contributed by atoms with Crippen LogP contribution in [0.4, 0.5) is 0 Å². The second kappa shape index (κ2) is 9.38. The first-order chi connectivity index (χ1) is 11.6. The number of ether oxygens (including phenoxy) is 1. The molecule has 0 unspecified atom stereocenters. The van der Waals surface area contributed by atoms with Crippen LogP contribution in [0.1, 0.15) is 24.5 Å². The van der Waals surface area contributed by atoms with Gasteiger partial charge in [-0.15, -0.1) is 11.8 Å². The summed E-state index contributed by atoms with van der Waals surface area (Å²) < 4.78 is 5.93. The Bertz CT molecular complexity index is 658. The monoisotopic (exact) mass is 343 g/mol. The predicted molar refractivity (Wildman–Crippen MR) is 101 cm³/mol. The maximum Gasteiger partial charge on any atom is 0.261 e. The van der Waals surface area contributed by atoms with E-state index >= 15 is 0 Å². The zero-order chi connectivity index (χ0) is 17.4. The molecule has 2 aromatic carbocycles. The van der Waals surface area contributed by atoms with Crippen LogP contribution in [0.5, 0.6) is 5.75 Å². The molecule has 0 bridgehead atoms. The van der Waals surface area contributed by atoms with Crippen LogP contribution >= 0.6 is 11.8 Å². The summed E-state index contributed by atoms with van der Waals surface area (Å²) in [6, 6.07) is 16.2. The molecule has 0 radical (unpaired) electrons. The highest BCUT2D eigenvalue weighted by atomic mass is 32.2. The van der Waals surface area contributed by atoms with E-state index in [4.69, 9.17) is 4.74 Å². The molecule has 0 aliphatic rings. The first-order valence-corrected chi connectivity index (χ1v) is 9.28. The van der Waals surface area contributed by atoms with Crippen LogP contribution in [0.3, 0.4) is 0 Å². The molecule has 1 N–H and O–H groups in total. The maximum absolute atomic E-state index is 12.3. The van der Waals surface area contributed by atoms with E-state index < -0.39 is 6.10 Å². The van der Waals surface area contributed by atoms with Crippen molar-refractivity contribution in [2.45, 2.75) is 38.2 Å². The largest absolute Gasteiger partial charge is 0.480 e. The van der Waals surface area contributed by atoms with Gasteiger partial charge in [0, 0.05) is 17.2 Å². The third-order valence-corrected chi connectivity index (χ3v) is 4.70. The number of rotatable bonds is 8. The Labute approximate surface area is 148 Å². The Morgan fingerprint density at radius 3 is 2.62 bits per heavy atom. The van der Waals surface area contributed by atoms with E-state index in [0.29, 0.717) is 13.0 Å². The van der Waals surface area contributed by atoms with Crippen molar-refractivity contribution in [3.05, 3.63) is 59.7 Å². The number of nitrogens with one attached hydrogen (secondary N) is 1. The summed E-state index contributed by atoms with van der Waals surface area (Å²) in [5.41, 5.74) is 2.18. The Hall–Kier alpha value is -1.94. The van der Waals surface area contributed by atoms with Crippen LogP contribution < -0.4 is 10.1 Å². The average Bonchev–Trinajstić information content (AvgIpc) is 2.60. The van der Waals surface area contributed by atoms with Gasteiger partial charge in [0.05, 0.1) is 0 Å². The molecule has 0 aliphatic heterocycles. The minimum Gasteiger partial charge on any atom is -0.480 e. The second-order valence-corrected chi connectivity index (χ2v) is 6.90. The van der Waals surface area contributed by atoms with E-state index in [1.807, 2.05) is 57.2 Å². The minimum atomic E-state index is -0.452. The van der Waals surface area contributed by atoms with Gasteiger partial charge in [-0.1, -0.05) is 37.3 Å². The lowest BCUT2D eigenvalue weighted by molar-refractivity contribution is -0.128. The zero-order valence-electron chi connectivity index (χ0n) is 14.5. The summed E-state index contributed by atoms with van der Waals surface area (Å²) in [7, 11) is 0. The Kier molecular flexibility index (Phi) is 7.19. The molecule has 2 aromatic rings. The van der Waals surface area contributed by atoms with Crippen molar-refractivity contribution in [2.24, 2.45) is 0 Å². The molecule has 2 rings (SSSR count). The molecule has 0 fully saturated rings. The quantitative estimate of drug-likeness (QED) is 0.571.